The lowest BCUT2D eigenvalue weighted by atomic mass is 9.93. The first-order valence-electron chi connectivity index (χ1n) is 3.53. The van der Waals surface area contributed by atoms with Crippen LogP contribution in [0, 0.1) is 0 Å². The van der Waals surface area contributed by atoms with E-state index in [2.05, 4.69) is 15.9 Å². The van der Waals surface area contributed by atoms with E-state index < -0.39 is 0 Å². The summed E-state index contributed by atoms with van der Waals surface area (Å²) in [6, 6.07) is 1.96. The smallest absolute Gasteiger partial charge is 0.107 e. The molecule has 0 spiro atoms. The van der Waals surface area contributed by atoms with E-state index in [0.717, 1.165) is 13.7 Å². The third kappa shape index (κ3) is 2.02. The molecule has 0 saturated heterocycles. The Balaban J connectivity index is 3.04. The van der Waals surface area contributed by atoms with Gasteiger partial charge in [0.15, 0.2) is 0 Å². The maximum absolute atomic E-state index is 9.10. The summed E-state index contributed by atoms with van der Waals surface area (Å²) in [5.74, 6) is 0. The molecule has 0 saturated carbocycles. The second-order valence-corrected chi connectivity index (χ2v) is 5.78. The molecule has 0 radical (unpaired) electrons. The largest absolute Gasteiger partial charge is 0.395 e. The molecule has 1 nitrogen and oxygen atoms in total. The fourth-order valence-corrected chi connectivity index (χ4v) is 2.55. The number of rotatable bonds is 2. The van der Waals surface area contributed by atoms with Crippen LogP contribution in [0.25, 0.3) is 0 Å². The van der Waals surface area contributed by atoms with E-state index in [-0.39, 0.29) is 12.0 Å². The second kappa shape index (κ2) is 3.66. The highest BCUT2D eigenvalue weighted by molar-refractivity contribution is 9.10. The summed E-state index contributed by atoms with van der Waals surface area (Å²) in [6.07, 6.45) is 0. The van der Waals surface area contributed by atoms with Gasteiger partial charge in [0, 0.05) is 14.8 Å². The molecular formula is C8H10BrClOS. The van der Waals surface area contributed by atoms with Crippen molar-refractivity contribution in [1.29, 1.82) is 0 Å². The van der Waals surface area contributed by atoms with Crippen LogP contribution in [0.15, 0.2) is 10.5 Å². The number of halogens is 2. The van der Waals surface area contributed by atoms with Gasteiger partial charge in [-0.15, -0.1) is 11.3 Å². The minimum Gasteiger partial charge on any atom is -0.395 e. The van der Waals surface area contributed by atoms with E-state index in [1.54, 1.807) is 0 Å². The Morgan fingerprint density at radius 2 is 2.25 bits per heavy atom. The normalized spacial score (nSPS) is 12.1. The highest BCUT2D eigenvalue weighted by Gasteiger charge is 2.22. The maximum atomic E-state index is 9.10. The minimum absolute atomic E-state index is 0.135. The van der Waals surface area contributed by atoms with Gasteiger partial charge in [0.2, 0.25) is 0 Å². The number of aliphatic hydroxyl groups is 1. The predicted molar refractivity (Wildman–Crippen MR) is 57.1 cm³/mol. The fraction of sp³-hybridized carbons (Fsp3) is 0.500. The molecule has 1 aromatic rings. The van der Waals surface area contributed by atoms with E-state index in [0.29, 0.717) is 0 Å². The summed E-state index contributed by atoms with van der Waals surface area (Å²) in [6.45, 7) is 4.11. The second-order valence-electron chi connectivity index (χ2n) is 3.27. The van der Waals surface area contributed by atoms with E-state index in [1.165, 1.54) is 11.3 Å². The molecule has 0 aromatic carbocycles. The number of hydrogen-bond acceptors (Lipinski definition) is 2. The Morgan fingerprint density at radius 1 is 1.67 bits per heavy atom. The van der Waals surface area contributed by atoms with Crippen molar-refractivity contribution < 1.29 is 5.11 Å². The summed E-state index contributed by atoms with van der Waals surface area (Å²) in [5, 5.41) is 9.10. The summed E-state index contributed by atoms with van der Waals surface area (Å²) < 4.78 is 1.65. The van der Waals surface area contributed by atoms with Crippen LogP contribution in [0.5, 0.6) is 0 Å². The molecule has 12 heavy (non-hydrogen) atoms. The predicted octanol–water partition coefficient (Wildman–Crippen LogP) is 3.43. The monoisotopic (exact) mass is 268 g/mol. The van der Waals surface area contributed by atoms with Gasteiger partial charge >= 0.3 is 0 Å². The van der Waals surface area contributed by atoms with E-state index in [1.807, 2.05) is 19.9 Å². The standard InChI is InChI=1S/C8H10BrClOS/c1-8(2,4-11)6-3-5(9)7(10)12-6/h3,11H,4H2,1-2H3. The number of hydrogen-bond donors (Lipinski definition) is 1. The Kier molecular flexibility index (Phi) is 3.21. The lowest BCUT2D eigenvalue weighted by Crippen LogP contribution is -2.20. The molecule has 0 fully saturated rings. The highest BCUT2D eigenvalue weighted by atomic mass is 79.9. The van der Waals surface area contributed by atoms with Crippen molar-refractivity contribution >= 4 is 38.9 Å². The Morgan fingerprint density at radius 3 is 2.58 bits per heavy atom. The summed E-state index contributed by atoms with van der Waals surface area (Å²) in [7, 11) is 0. The van der Waals surface area contributed by atoms with Crippen LogP contribution in [-0.4, -0.2) is 11.7 Å². The molecule has 0 unspecified atom stereocenters. The molecule has 1 rings (SSSR count). The van der Waals surface area contributed by atoms with E-state index in [9.17, 15) is 0 Å². The molecule has 1 N–H and O–H groups in total. The first-order chi connectivity index (χ1) is 5.47. The van der Waals surface area contributed by atoms with Gasteiger partial charge in [-0.1, -0.05) is 25.4 Å². The van der Waals surface area contributed by atoms with Crippen molar-refractivity contribution in [3.63, 3.8) is 0 Å². The summed E-state index contributed by atoms with van der Waals surface area (Å²) >= 11 is 10.7. The van der Waals surface area contributed by atoms with Crippen LogP contribution in [0.2, 0.25) is 4.34 Å². The molecule has 0 aliphatic heterocycles. The fourth-order valence-electron chi connectivity index (χ4n) is 0.758. The van der Waals surface area contributed by atoms with Gasteiger partial charge in [0.1, 0.15) is 4.34 Å². The molecule has 68 valence electrons. The Labute approximate surface area is 89.5 Å². The first-order valence-corrected chi connectivity index (χ1v) is 5.52. The highest BCUT2D eigenvalue weighted by Crippen LogP contribution is 2.38. The number of thiophene rings is 1. The topological polar surface area (TPSA) is 20.2 Å². The van der Waals surface area contributed by atoms with Crippen LogP contribution in [0.1, 0.15) is 18.7 Å². The van der Waals surface area contributed by atoms with Crippen molar-refractivity contribution in [2.24, 2.45) is 0 Å². The van der Waals surface area contributed by atoms with E-state index >= 15 is 0 Å². The van der Waals surface area contributed by atoms with Gasteiger partial charge in [0.25, 0.3) is 0 Å². The lowest BCUT2D eigenvalue weighted by Gasteiger charge is -2.18. The van der Waals surface area contributed by atoms with Crippen molar-refractivity contribution in [3.8, 4) is 0 Å². The van der Waals surface area contributed by atoms with Gasteiger partial charge in [-0.2, -0.15) is 0 Å². The van der Waals surface area contributed by atoms with Gasteiger partial charge in [0.05, 0.1) is 6.61 Å². The summed E-state index contributed by atoms with van der Waals surface area (Å²) in [4.78, 5) is 1.10. The van der Waals surface area contributed by atoms with Gasteiger partial charge in [-0.05, 0) is 22.0 Å². The molecule has 0 bridgehead atoms. The average Bonchev–Trinajstić information content (AvgIpc) is 2.33. The third-order valence-corrected chi connectivity index (χ3v) is 4.55. The molecule has 0 aliphatic rings. The lowest BCUT2D eigenvalue weighted by molar-refractivity contribution is 0.221. The summed E-state index contributed by atoms with van der Waals surface area (Å²) in [5.41, 5.74) is -0.194. The van der Waals surface area contributed by atoms with Crippen LogP contribution in [-0.2, 0) is 5.41 Å². The molecule has 1 heterocycles. The van der Waals surface area contributed by atoms with Crippen molar-refractivity contribution in [1.82, 2.24) is 0 Å². The zero-order valence-electron chi connectivity index (χ0n) is 6.90. The van der Waals surface area contributed by atoms with Gasteiger partial charge in [-0.25, -0.2) is 0 Å². The molecule has 1 aromatic heterocycles. The van der Waals surface area contributed by atoms with Crippen LogP contribution in [0.4, 0.5) is 0 Å². The molecule has 0 atom stereocenters. The first kappa shape index (κ1) is 10.5. The Hall–Kier alpha value is 0.430. The molecule has 0 amide bonds. The van der Waals surface area contributed by atoms with Crippen LogP contribution < -0.4 is 0 Å². The van der Waals surface area contributed by atoms with Gasteiger partial charge in [-0.3, -0.25) is 0 Å². The minimum atomic E-state index is -0.194. The molecule has 4 heteroatoms. The van der Waals surface area contributed by atoms with Crippen molar-refractivity contribution in [2.45, 2.75) is 19.3 Å². The van der Waals surface area contributed by atoms with Crippen molar-refractivity contribution in [3.05, 3.63) is 19.8 Å². The maximum Gasteiger partial charge on any atom is 0.107 e. The zero-order valence-corrected chi connectivity index (χ0v) is 10.1. The van der Waals surface area contributed by atoms with E-state index in [4.69, 9.17) is 16.7 Å². The molecule has 0 aliphatic carbocycles. The van der Waals surface area contributed by atoms with Crippen LogP contribution >= 0.6 is 38.9 Å². The molecular weight excluding hydrogens is 260 g/mol. The third-order valence-electron chi connectivity index (χ3n) is 1.71. The van der Waals surface area contributed by atoms with Crippen molar-refractivity contribution in [2.75, 3.05) is 6.61 Å². The SMILES string of the molecule is CC(C)(CO)c1cc(Br)c(Cl)s1. The van der Waals surface area contributed by atoms with Gasteiger partial charge < -0.3 is 5.11 Å². The quantitative estimate of drug-likeness (QED) is 0.872. The Bertz CT molecular complexity index is 263. The zero-order chi connectivity index (χ0) is 9.35. The average molecular weight is 270 g/mol. The van der Waals surface area contributed by atoms with Crippen LogP contribution in [0.3, 0.4) is 0 Å². The number of aliphatic hydroxyl groups excluding tert-OH is 1.